The number of methoxy groups -OCH3 is 1. The minimum absolute atomic E-state index is 0.0455. The van der Waals surface area contributed by atoms with Crippen molar-refractivity contribution >= 4 is 17.5 Å². The van der Waals surface area contributed by atoms with Crippen LogP contribution in [0.3, 0.4) is 0 Å². The molecule has 0 heterocycles. The van der Waals surface area contributed by atoms with Crippen LogP contribution < -0.4 is 15.4 Å². The predicted octanol–water partition coefficient (Wildman–Crippen LogP) is 3.09. The Morgan fingerprint density at radius 1 is 0.958 bits per heavy atom. The van der Waals surface area contributed by atoms with Gasteiger partial charge in [-0.05, 0) is 42.3 Å². The summed E-state index contributed by atoms with van der Waals surface area (Å²) in [7, 11) is 1.57. The second kappa shape index (κ2) is 8.15. The van der Waals surface area contributed by atoms with Gasteiger partial charge in [-0.15, -0.1) is 0 Å². The Bertz CT molecular complexity index is 682. The Balaban J connectivity index is 2.06. The molecule has 0 aliphatic rings. The van der Waals surface area contributed by atoms with Gasteiger partial charge in [-0.25, -0.2) is 0 Å². The molecule has 0 bridgehead atoms. The van der Waals surface area contributed by atoms with E-state index in [2.05, 4.69) is 10.6 Å². The molecule has 2 N–H and O–H groups in total. The van der Waals surface area contributed by atoms with E-state index in [9.17, 15) is 9.59 Å². The van der Waals surface area contributed by atoms with Crippen LogP contribution in [-0.2, 0) is 4.79 Å². The zero-order valence-electron chi connectivity index (χ0n) is 14.1. The maximum atomic E-state index is 12.5. The summed E-state index contributed by atoms with van der Waals surface area (Å²) in [5, 5.41) is 5.62. The van der Waals surface area contributed by atoms with Gasteiger partial charge < -0.3 is 15.4 Å². The van der Waals surface area contributed by atoms with E-state index in [1.54, 1.807) is 43.5 Å². The number of anilines is 1. The van der Waals surface area contributed by atoms with Gasteiger partial charge in [0.15, 0.2) is 0 Å². The molecule has 1 atom stereocenters. The molecule has 5 nitrogen and oxygen atoms in total. The molecule has 2 amide bonds. The number of para-hydroxylation sites is 1. The average Bonchev–Trinajstić information content (AvgIpc) is 2.60. The summed E-state index contributed by atoms with van der Waals surface area (Å²) in [6.07, 6.45) is 0. The quantitative estimate of drug-likeness (QED) is 0.857. The van der Waals surface area contributed by atoms with Crippen molar-refractivity contribution in [1.82, 2.24) is 5.32 Å². The van der Waals surface area contributed by atoms with Crippen LogP contribution in [0, 0.1) is 5.92 Å². The second-order valence-corrected chi connectivity index (χ2v) is 5.78. The van der Waals surface area contributed by atoms with E-state index in [1.807, 2.05) is 32.0 Å². The van der Waals surface area contributed by atoms with Crippen LogP contribution in [0.2, 0.25) is 0 Å². The number of benzene rings is 2. The first-order valence-electron chi connectivity index (χ1n) is 7.82. The Morgan fingerprint density at radius 2 is 1.58 bits per heavy atom. The van der Waals surface area contributed by atoms with Crippen LogP contribution in [0.4, 0.5) is 5.69 Å². The lowest BCUT2D eigenvalue weighted by molar-refractivity contribution is -0.118. The Labute approximate surface area is 142 Å². The Kier molecular flexibility index (Phi) is 5.95. The normalized spacial score (nSPS) is 11.7. The summed E-state index contributed by atoms with van der Waals surface area (Å²) in [5.41, 5.74) is 1.18. The van der Waals surface area contributed by atoms with Crippen molar-refractivity contribution in [3.8, 4) is 5.75 Å². The predicted molar refractivity (Wildman–Crippen MR) is 94.2 cm³/mol. The molecular formula is C19H22N2O3. The van der Waals surface area contributed by atoms with Crippen molar-refractivity contribution in [1.29, 1.82) is 0 Å². The molecule has 2 aromatic rings. The van der Waals surface area contributed by atoms with Crippen molar-refractivity contribution in [3.05, 3.63) is 60.2 Å². The molecule has 0 radical (unpaired) electrons. The average molecular weight is 326 g/mol. The molecular weight excluding hydrogens is 304 g/mol. The highest BCUT2D eigenvalue weighted by Gasteiger charge is 2.24. The fourth-order valence-corrected chi connectivity index (χ4v) is 2.24. The topological polar surface area (TPSA) is 67.4 Å². The molecule has 1 unspecified atom stereocenters. The molecule has 0 fully saturated rings. The molecule has 0 saturated carbocycles. The number of amides is 2. The third kappa shape index (κ3) is 4.59. The number of ether oxygens (including phenoxy) is 1. The Hall–Kier alpha value is -2.82. The van der Waals surface area contributed by atoms with Gasteiger partial charge in [0.05, 0.1) is 7.11 Å². The lowest BCUT2D eigenvalue weighted by atomic mass is 10.0. The van der Waals surface area contributed by atoms with Crippen LogP contribution >= 0.6 is 0 Å². The van der Waals surface area contributed by atoms with E-state index < -0.39 is 6.04 Å². The van der Waals surface area contributed by atoms with E-state index in [4.69, 9.17) is 4.74 Å². The maximum Gasteiger partial charge on any atom is 0.251 e. The summed E-state index contributed by atoms with van der Waals surface area (Å²) in [6, 6.07) is 15.3. The van der Waals surface area contributed by atoms with Crippen LogP contribution in [0.15, 0.2) is 54.6 Å². The van der Waals surface area contributed by atoms with Crippen LogP contribution in [0.1, 0.15) is 24.2 Å². The monoisotopic (exact) mass is 326 g/mol. The fraction of sp³-hybridized carbons (Fsp3) is 0.263. The highest BCUT2D eigenvalue weighted by Crippen LogP contribution is 2.13. The maximum absolute atomic E-state index is 12.5. The molecule has 0 aliphatic carbocycles. The number of nitrogens with one attached hydrogen (secondary N) is 2. The highest BCUT2D eigenvalue weighted by molar-refractivity contribution is 6.01. The molecule has 2 rings (SSSR count). The van der Waals surface area contributed by atoms with Gasteiger partial charge in [0.25, 0.3) is 5.91 Å². The molecule has 0 saturated heterocycles. The van der Waals surface area contributed by atoms with Crippen molar-refractivity contribution in [2.45, 2.75) is 19.9 Å². The summed E-state index contributed by atoms with van der Waals surface area (Å²) in [5.74, 6) is 0.0994. The van der Waals surface area contributed by atoms with Gasteiger partial charge in [-0.3, -0.25) is 9.59 Å². The molecule has 0 aliphatic heterocycles. The number of carbonyl (C=O) groups is 2. The number of hydrogen-bond donors (Lipinski definition) is 2. The zero-order valence-corrected chi connectivity index (χ0v) is 14.1. The molecule has 5 heteroatoms. The van der Waals surface area contributed by atoms with E-state index in [0.29, 0.717) is 17.0 Å². The molecule has 126 valence electrons. The summed E-state index contributed by atoms with van der Waals surface area (Å²) >= 11 is 0. The zero-order chi connectivity index (χ0) is 17.5. The highest BCUT2D eigenvalue weighted by atomic mass is 16.5. The van der Waals surface area contributed by atoms with Crippen molar-refractivity contribution in [2.75, 3.05) is 12.4 Å². The van der Waals surface area contributed by atoms with E-state index in [0.717, 1.165) is 0 Å². The van der Waals surface area contributed by atoms with Gasteiger partial charge in [0, 0.05) is 11.3 Å². The lowest BCUT2D eigenvalue weighted by Gasteiger charge is -2.21. The van der Waals surface area contributed by atoms with E-state index in [1.165, 1.54) is 0 Å². The van der Waals surface area contributed by atoms with E-state index in [-0.39, 0.29) is 17.7 Å². The van der Waals surface area contributed by atoms with Gasteiger partial charge in [-0.2, -0.15) is 0 Å². The lowest BCUT2D eigenvalue weighted by Crippen LogP contribution is -2.47. The second-order valence-electron chi connectivity index (χ2n) is 5.78. The third-order valence-electron chi connectivity index (χ3n) is 3.63. The molecule has 0 spiro atoms. The number of carbonyl (C=O) groups excluding carboxylic acids is 2. The van der Waals surface area contributed by atoms with Crippen LogP contribution in [-0.4, -0.2) is 25.0 Å². The molecule has 24 heavy (non-hydrogen) atoms. The van der Waals surface area contributed by atoms with Gasteiger partial charge in [-0.1, -0.05) is 32.0 Å². The first-order chi connectivity index (χ1) is 11.5. The SMILES string of the molecule is COc1ccc(C(=O)NC(C(=O)Nc2ccccc2)C(C)C)cc1. The van der Waals surface area contributed by atoms with Crippen molar-refractivity contribution < 1.29 is 14.3 Å². The number of hydrogen-bond acceptors (Lipinski definition) is 3. The van der Waals surface area contributed by atoms with Crippen LogP contribution in [0.5, 0.6) is 5.75 Å². The van der Waals surface area contributed by atoms with Crippen molar-refractivity contribution in [2.24, 2.45) is 5.92 Å². The molecule has 0 aromatic heterocycles. The summed E-state index contributed by atoms with van der Waals surface area (Å²) < 4.78 is 5.08. The third-order valence-corrected chi connectivity index (χ3v) is 3.63. The Morgan fingerprint density at radius 3 is 2.12 bits per heavy atom. The fourth-order valence-electron chi connectivity index (χ4n) is 2.24. The van der Waals surface area contributed by atoms with Crippen LogP contribution in [0.25, 0.3) is 0 Å². The summed E-state index contributed by atoms with van der Waals surface area (Å²) in [6.45, 7) is 3.78. The van der Waals surface area contributed by atoms with E-state index >= 15 is 0 Å². The van der Waals surface area contributed by atoms with Gasteiger partial charge >= 0.3 is 0 Å². The minimum Gasteiger partial charge on any atom is -0.497 e. The number of rotatable bonds is 6. The minimum atomic E-state index is -0.625. The van der Waals surface area contributed by atoms with Gasteiger partial charge in [0.2, 0.25) is 5.91 Å². The first kappa shape index (κ1) is 17.5. The first-order valence-corrected chi connectivity index (χ1v) is 7.82. The van der Waals surface area contributed by atoms with Crippen molar-refractivity contribution in [3.63, 3.8) is 0 Å². The smallest absolute Gasteiger partial charge is 0.251 e. The largest absolute Gasteiger partial charge is 0.497 e. The molecule has 2 aromatic carbocycles. The van der Waals surface area contributed by atoms with Gasteiger partial charge in [0.1, 0.15) is 11.8 Å². The standard InChI is InChI=1S/C19H22N2O3/c1-13(2)17(19(23)20-15-7-5-4-6-8-15)21-18(22)14-9-11-16(24-3)12-10-14/h4-13,17H,1-3H3,(H,20,23)(H,21,22). The summed E-state index contributed by atoms with van der Waals surface area (Å²) in [4.78, 5) is 24.9.